The van der Waals surface area contributed by atoms with Gasteiger partial charge in [-0.05, 0) is 92.0 Å². The first-order valence-electron chi connectivity index (χ1n) is 15.9. The first-order chi connectivity index (χ1) is 22.8. The molecule has 0 radical (unpaired) electrons. The minimum atomic E-state index is -5.01. The van der Waals surface area contributed by atoms with Crippen LogP contribution in [-0.2, 0) is 41.5 Å². The van der Waals surface area contributed by atoms with Crippen molar-refractivity contribution in [3.05, 3.63) is 70.3 Å². The van der Waals surface area contributed by atoms with E-state index < -0.39 is 36.0 Å². The summed E-state index contributed by atoms with van der Waals surface area (Å²) in [6, 6.07) is 9.23. The molecule has 2 aliphatic rings. The molecule has 6 rings (SSSR count). The number of ether oxygens (including phenoxy) is 1. The van der Waals surface area contributed by atoms with Crippen LogP contribution in [0.4, 0.5) is 38.1 Å². The van der Waals surface area contributed by atoms with Crippen molar-refractivity contribution >= 4 is 28.6 Å². The van der Waals surface area contributed by atoms with Crippen LogP contribution in [0.3, 0.4) is 0 Å². The first kappa shape index (κ1) is 33.5. The van der Waals surface area contributed by atoms with E-state index in [0.29, 0.717) is 35.3 Å². The van der Waals surface area contributed by atoms with E-state index in [2.05, 4.69) is 20.3 Å². The van der Waals surface area contributed by atoms with E-state index >= 15 is 0 Å². The molecular formula is C33H35F6N7O2. The van der Waals surface area contributed by atoms with E-state index in [-0.39, 0.29) is 37.3 Å². The van der Waals surface area contributed by atoms with Gasteiger partial charge in [0.25, 0.3) is 5.95 Å². The number of para-hydroxylation sites is 1. The third-order valence-electron chi connectivity index (χ3n) is 8.44. The van der Waals surface area contributed by atoms with E-state index in [1.165, 1.54) is 4.90 Å². The van der Waals surface area contributed by atoms with Crippen LogP contribution in [0, 0.1) is 18.8 Å². The topological polar surface area (TPSA) is 89.3 Å². The minimum absolute atomic E-state index is 0.0131. The molecule has 0 atom stereocenters. The number of carbonyl (C=O) groups is 1. The molecule has 0 amide bonds. The maximum atomic E-state index is 13.8. The lowest BCUT2D eigenvalue weighted by Gasteiger charge is -2.29. The number of aromatic nitrogens is 5. The standard InChI is InChI=1S/C33H35F6N7O2/c1-3-48-28(47)19-46-42-31(41-43-46)45(17-23-11-26(32(34,35)36)14-27(12-23)33(37,38)39)18-25-13-24-6-4-5-20(2)29(24)40-30(25)44(15-21-7-8-21)16-22-9-10-22/h4-6,11-14,21-22H,3,7-10,15-19H2,1-2H3. The third kappa shape index (κ3) is 8.16. The second-order valence-corrected chi connectivity index (χ2v) is 12.6. The van der Waals surface area contributed by atoms with Crippen molar-refractivity contribution in [1.29, 1.82) is 0 Å². The fraction of sp³-hybridized carbons (Fsp3) is 0.485. The van der Waals surface area contributed by atoms with Crippen molar-refractivity contribution in [2.45, 2.75) is 71.5 Å². The zero-order valence-corrected chi connectivity index (χ0v) is 26.5. The monoisotopic (exact) mass is 675 g/mol. The highest BCUT2D eigenvalue weighted by Crippen LogP contribution is 2.39. The molecule has 2 aromatic heterocycles. The molecule has 15 heteroatoms. The van der Waals surface area contributed by atoms with Crippen LogP contribution in [0.25, 0.3) is 10.9 Å². The molecule has 0 bridgehead atoms. The Kier molecular flexibility index (Phi) is 9.22. The van der Waals surface area contributed by atoms with E-state index in [1.807, 2.05) is 31.2 Å². The molecule has 4 aromatic rings. The van der Waals surface area contributed by atoms with Crippen LogP contribution in [0.5, 0.6) is 0 Å². The lowest BCUT2D eigenvalue weighted by Crippen LogP contribution is -2.32. The van der Waals surface area contributed by atoms with Gasteiger partial charge in [0.05, 0.1) is 23.3 Å². The Morgan fingerprint density at radius 2 is 1.56 bits per heavy atom. The Hall–Kier alpha value is -4.43. The highest BCUT2D eigenvalue weighted by Gasteiger charge is 2.37. The van der Waals surface area contributed by atoms with E-state index in [4.69, 9.17) is 9.72 Å². The molecule has 48 heavy (non-hydrogen) atoms. The smallest absolute Gasteiger partial charge is 0.416 e. The van der Waals surface area contributed by atoms with E-state index in [0.717, 1.165) is 60.0 Å². The SMILES string of the molecule is CCOC(=O)Cn1nnc(N(Cc2cc(C(F)(F)F)cc(C(F)(F)F)c2)Cc2cc3cccc(C)c3nc2N(CC2CC2)CC2CC2)n1. The molecule has 0 saturated heterocycles. The number of halogens is 6. The number of fused-ring (bicyclic) bond motifs is 1. The number of esters is 1. The van der Waals surface area contributed by atoms with Gasteiger partial charge in [0.15, 0.2) is 6.54 Å². The molecule has 0 N–H and O–H groups in total. The van der Waals surface area contributed by atoms with Crippen molar-refractivity contribution in [3.8, 4) is 0 Å². The summed E-state index contributed by atoms with van der Waals surface area (Å²) in [5.41, 5.74) is -0.602. The zero-order valence-electron chi connectivity index (χ0n) is 26.5. The quantitative estimate of drug-likeness (QED) is 0.111. The molecule has 2 aliphatic carbocycles. The average Bonchev–Trinajstić information content (AvgIpc) is 3.95. The maximum absolute atomic E-state index is 13.8. The van der Waals surface area contributed by atoms with Gasteiger partial charge >= 0.3 is 18.3 Å². The summed E-state index contributed by atoms with van der Waals surface area (Å²) in [6.45, 7) is 4.50. The second-order valence-electron chi connectivity index (χ2n) is 12.6. The van der Waals surface area contributed by atoms with Crippen molar-refractivity contribution < 1.29 is 35.9 Å². The highest BCUT2D eigenvalue weighted by molar-refractivity contribution is 5.84. The number of benzene rings is 2. The summed E-state index contributed by atoms with van der Waals surface area (Å²) < 4.78 is 87.7. The Morgan fingerprint density at radius 1 is 0.917 bits per heavy atom. The largest absolute Gasteiger partial charge is 0.465 e. The number of anilines is 2. The average molecular weight is 676 g/mol. The summed E-state index contributed by atoms with van der Waals surface area (Å²) >= 11 is 0. The zero-order chi connectivity index (χ0) is 34.2. The molecule has 2 heterocycles. The molecule has 0 unspecified atom stereocenters. The number of tetrazole rings is 1. The van der Waals surface area contributed by atoms with Crippen molar-refractivity contribution in [2.24, 2.45) is 11.8 Å². The molecule has 2 saturated carbocycles. The van der Waals surface area contributed by atoms with Gasteiger partial charge in [-0.1, -0.05) is 23.3 Å². The number of nitrogens with zero attached hydrogens (tertiary/aromatic N) is 7. The molecule has 0 spiro atoms. The van der Waals surface area contributed by atoms with Gasteiger partial charge in [-0.3, -0.25) is 0 Å². The fourth-order valence-electron chi connectivity index (χ4n) is 5.73. The normalized spacial score (nSPS) is 15.2. The van der Waals surface area contributed by atoms with Gasteiger partial charge in [0.1, 0.15) is 5.82 Å². The maximum Gasteiger partial charge on any atom is 0.416 e. The summed E-state index contributed by atoms with van der Waals surface area (Å²) in [5, 5.41) is 13.1. The number of hydrogen-bond acceptors (Lipinski definition) is 8. The number of hydrogen-bond donors (Lipinski definition) is 0. The minimum Gasteiger partial charge on any atom is -0.465 e. The number of carbonyl (C=O) groups excluding carboxylic acids is 1. The number of alkyl halides is 6. The van der Waals surface area contributed by atoms with Crippen LogP contribution in [0.1, 0.15) is 60.4 Å². The molecule has 0 aliphatic heterocycles. The van der Waals surface area contributed by atoms with Gasteiger partial charge in [-0.25, -0.2) is 9.78 Å². The Bertz CT molecular complexity index is 1740. The predicted octanol–water partition coefficient (Wildman–Crippen LogP) is 6.96. The number of pyridine rings is 1. The van der Waals surface area contributed by atoms with Crippen molar-refractivity contribution in [3.63, 3.8) is 0 Å². The van der Waals surface area contributed by atoms with Crippen LogP contribution in [-0.4, -0.2) is 50.9 Å². The molecule has 2 fully saturated rings. The molecular weight excluding hydrogens is 640 g/mol. The summed E-state index contributed by atoms with van der Waals surface area (Å²) in [7, 11) is 0. The first-order valence-corrected chi connectivity index (χ1v) is 15.9. The van der Waals surface area contributed by atoms with Gasteiger partial charge in [0.2, 0.25) is 0 Å². The lowest BCUT2D eigenvalue weighted by molar-refractivity contribution is -0.145. The van der Waals surface area contributed by atoms with Crippen LogP contribution in [0.15, 0.2) is 42.5 Å². The van der Waals surface area contributed by atoms with Crippen molar-refractivity contribution in [1.82, 2.24) is 25.2 Å². The summed E-state index contributed by atoms with van der Waals surface area (Å²) in [6.07, 6.45) is -5.58. The van der Waals surface area contributed by atoms with Gasteiger partial charge in [0, 0.05) is 37.1 Å². The molecule has 2 aromatic carbocycles. The van der Waals surface area contributed by atoms with Gasteiger partial charge < -0.3 is 14.5 Å². The second kappa shape index (κ2) is 13.2. The van der Waals surface area contributed by atoms with E-state index in [1.54, 1.807) is 6.92 Å². The number of aryl methyl sites for hydroxylation is 1. The van der Waals surface area contributed by atoms with Crippen LogP contribution in [0.2, 0.25) is 0 Å². The fourth-order valence-corrected chi connectivity index (χ4v) is 5.73. The number of rotatable bonds is 13. The molecule has 9 nitrogen and oxygen atoms in total. The Morgan fingerprint density at radius 3 is 2.15 bits per heavy atom. The van der Waals surface area contributed by atoms with Crippen molar-refractivity contribution in [2.75, 3.05) is 29.5 Å². The highest BCUT2D eigenvalue weighted by atomic mass is 19.4. The van der Waals surface area contributed by atoms with Crippen LogP contribution >= 0.6 is 0 Å². The summed E-state index contributed by atoms with van der Waals surface area (Å²) in [5.74, 6) is 1.04. The molecule has 256 valence electrons. The summed E-state index contributed by atoms with van der Waals surface area (Å²) in [4.78, 5) is 21.9. The Balaban J connectivity index is 1.44. The lowest BCUT2D eigenvalue weighted by atomic mass is 10.0. The third-order valence-corrected chi connectivity index (χ3v) is 8.44. The predicted molar refractivity (Wildman–Crippen MR) is 165 cm³/mol. The van der Waals surface area contributed by atoms with Gasteiger partial charge in [-0.2, -0.15) is 31.1 Å². The van der Waals surface area contributed by atoms with E-state index in [9.17, 15) is 31.1 Å². The Labute approximate surface area is 272 Å². The van der Waals surface area contributed by atoms with Gasteiger partial charge in [-0.15, -0.1) is 5.10 Å². The van der Waals surface area contributed by atoms with Crippen LogP contribution < -0.4 is 9.80 Å².